The van der Waals surface area contributed by atoms with Crippen molar-refractivity contribution >= 4 is 16.7 Å². The van der Waals surface area contributed by atoms with Crippen LogP contribution in [0.3, 0.4) is 0 Å². The highest BCUT2D eigenvalue weighted by molar-refractivity contribution is 5.89. The third-order valence-corrected chi connectivity index (χ3v) is 6.53. The molecule has 0 unspecified atom stereocenters. The fraction of sp³-hybridized carbons (Fsp3) is 0.458. The molecule has 182 valence electrons. The Bertz CT molecular complexity index is 1280. The van der Waals surface area contributed by atoms with Crippen molar-refractivity contribution in [2.24, 2.45) is 7.05 Å². The molecule has 2 aromatic heterocycles. The van der Waals surface area contributed by atoms with Crippen molar-refractivity contribution in [3.8, 4) is 0 Å². The van der Waals surface area contributed by atoms with E-state index >= 15 is 0 Å². The van der Waals surface area contributed by atoms with Gasteiger partial charge < -0.3 is 14.8 Å². The normalized spacial score (nSPS) is 16.7. The van der Waals surface area contributed by atoms with Gasteiger partial charge in [0.15, 0.2) is 0 Å². The minimum Gasteiger partial charge on any atom is -0.363 e. The van der Waals surface area contributed by atoms with Crippen molar-refractivity contribution in [3.63, 3.8) is 0 Å². The van der Waals surface area contributed by atoms with Crippen LogP contribution in [0.1, 0.15) is 54.4 Å². The molecule has 1 N–H and O–H groups in total. The first-order valence-corrected chi connectivity index (χ1v) is 11.2. The highest BCUT2D eigenvalue weighted by atomic mass is 19.4. The van der Waals surface area contributed by atoms with Crippen molar-refractivity contribution in [2.75, 3.05) is 25.5 Å². The van der Waals surface area contributed by atoms with Crippen molar-refractivity contribution in [2.45, 2.75) is 44.8 Å². The van der Waals surface area contributed by atoms with Crippen LogP contribution in [-0.2, 0) is 13.2 Å². The van der Waals surface area contributed by atoms with Crippen LogP contribution in [0.25, 0.3) is 10.9 Å². The third-order valence-electron chi connectivity index (χ3n) is 6.53. The van der Waals surface area contributed by atoms with Crippen LogP contribution >= 0.6 is 0 Å². The van der Waals surface area contributed by atoms with Crippen molar-refractivity contribution < 1.29 is 17.6 Å². The average Bonchev–Trinajstić information content (AvgIpc) is 2.76. The summed E-state index contributed by atoms with van der Waals surface area (Å²) >= 11 is 0. The first-order chi connectivity index (χ1) is 16.0. The summed E-state index contributed by atoms with van der Waals surface area (Å²) in [6.45, 7) is 5.02. The molecule has 3 aromatic rings. The number of aromatic nitrogens is 3. The fourth-order valence-corrected chi connectivity index (χ4v) is 4.59. The number of likely N-dealkylation sites (tertiary alicyclic amines) is 1. The number of anilines is 1. The monoisotopic (exact) mass is 477 g/mol. The largest absolute Gasteiger partial charge is 0.419 e. The van der Waals surface area contributed by atoms with Gasteiger partial charge in [-0.1, -0.05) is 12.1 Å². The molecule has 1 fully saturated rings. The van der Waals surface area contributed by atoms with Gasteiger partial charge in [0.05, 0.1) is 17.0 Å². The molecule has 6 nitrogen and oxygen atoms in total. The predicted octanol–water partition coefficient (Wildman–Crippen LogP) is 4.78. The lowest BCUT2D eigenvalue weighted by molar-refractivity contribution is -0.140. The molecule has 1 saturated heterocycles. The van der Waals surface area contributed by atoms with Crippen LogP contribution in [0.15, 0.2) is 29.1 Å². The zero-order chi connectivity index (χ0) is 24.8. The van der Waals surface area contributed by atoms with Crippen LogP contribution in [-0.4, -0.2) is 39.6 Å². The summed E-state index contributed by atoms with van der Waals surface area (Å²) in [5.74, 6) is -0.520. The molecule has 4 rings (SSSR count). The molecule has 0 saturated carbocycles. The maximum absolute atomic E-state index is 14.7. The Balaban J connectivity index is 1.78. The number of fused-ring (bicyclic) bond motifs is 1. The standard InChI is InChI=1S/C24H27F4N5O/c1-13(16-6-5-7-18(20(16)25)24(26,27)28)29-22-17-12-19(15-8-10-32(3)11-9-15)33(4)23(34)21(17)30-14(2)31-22/h5-7,12-13,15H,8-11H2,1-4H3,(H,29,30,31)/t13-/m1/s1. The van der Waals surface area contributed by atoms with Crippen LogP contribution in [0.2, 0.25) is 0 Å². The first kappa shape index (κ1) is 24.1. The molecule has 3 heterocycles. The van der Waals surface area contributed by atoms with Crippen molar-refractivity contribution in [1.82, 2.24) is 19.4 Å². The molecule has 10 heteroatoms. The minimum absolute atomic E-state index is 0.140. The number of hydrogen-bond donors (Lipinski definition) is 1. The number of piperidine rings is 1. The summed E-state index contributed by atoms with van der Waals surface area (Å²) in [5, 5.41) is 3.50. The summed E-state index contributed by atoms with van der Waals surface area (Å²) in [6.07, 6.45) is -3.00. The SMILES string of the molecule is Cc1nc(N[C@H](C)c2cccc(C(F)(F)F)c2F)c2cc(C3CCN(C)CC3)n(C)c(=O)c2n1. The minimum atomic E-state index is -4.80. The van der Waals surface area contributed by atoms with E-state index in [1.807, 2.05) is 6.07 Å². The fourth-order valence-electron chi connectivity index (χ4n) is 4.59. The topological polar surface area (TPSA) is 63.1 Å². The van der Waals surface area contributed by atoms with Gasteiger partial charge in [-0.25, -0.2) is 14.4 Å². The Labute approximate surface area is 194 Å². The van der Waals surface area contributed by atoms with E-state index in [0.29, 0.717) is 23.1 Å². The van der Waals surface area contributed by atoms with Crippen LogP contribution in [0, 0.1) is 12.7 Å². The lowest BCUT2D eigenvalue weighted by atomic mass is 9.92. The molecule has 0 radical (unpaired) electrons. The highest BCUT2D eigenvalue weighted by Crippen LogP contribution is 2.35. The number of halogens is 4. The quantitative estimate of drug-likeness (QED) is 0.548. The van der Waals surface area contributed by atoms with E-state index in [1.165, 1.54) is 12.1 Å². The Morgan fingerprint density at radius 1 is 1.15 bits per heavy atom. The summed E-state index contributed by atoms with van der Waals surface area (Å²) < 4.78 is 55.9. The number of alkyl halides is 3. The lowest BCUT2D eigenvalue weighted by Crippen LogP contribution is -2.32. The summed E-state index contributed by atoms with van der Waals surface area (Å²) in [5.41, 5.74) is -0.651. The number of hydrogen-bond acceptors (Lipinski definition) is 5. The number of pyridine rings is 1. The molecule has 1 aliphatic rings. The predicted molar refractivity (Wildman–Crippen MR) is 122 cm³/mol. The Hall–Kier alpha value is -3.01. The Morgan fingerprint density at radius 3 is 2.47 bits per heavy atom. The molecular weight excluding hydrogens is 450 g/mol. The van der Waals surface area contributed by atoms with Crippen LogP contribution in [0.4, 0.5) is 23.4 Å². The van der Waals surface area contributed by atoms with Gasteiger partial charge in [-0.3, -0.25) is 4.79 Å². The van der Waals surface area contributed by atoms with Crippen molar-refractivity contribution in [1.29, 1.82) is 0 Å². The first-order valence-electron chi connectivity index (χ1n) is 11.2. The third kappa shape index (κ3) is 4.51. The van der Waals surface area contributed by atoms with Gasteiger partial charge >= 0.3 is 6.18 Å². The maximum Gasteiger partial charge on any atom is 0.419 e. The summed E-state index contributed by atoms with van der Waals surface area (Å²) in [4.78, 5) is 24.1. The van der Waals surface area contributed by atoms with Gasteiger partial charge in [-0.05, 0) is 59.0 Å². The van der Waals surface area contributed by atoms with Gasteiger partial charge in [0.2, 0.25) is 0 Å². The van der Waals surface area contributed by atoms with Gasteiger partial charge in [0.25, 0.3) is 5.56 Å². The van der Waals surface area contributed by atoms with Gasteiger partial charge in [-0.15, -0.1) is 0 Å². The number of benzene rings is 1. The summed E-state index contributed by atoms with van der Waals surface area (Å²) in [6, 6.07) is 4.24. The second-order valence-corrected chi connectivity index (χ2v) is 8.97. The Kier molecular flexibility index (Phi) is 6.37. The molecule has 1 atom stereocenters. The molecule has 1 aliphatic heterocycles. The molecule has 0 spiro atoms. The van der Waals surface area contributed by atoms with E-state index in [1.54, 1.807) is 25.5 Å². The van der Waals surface area contributed by atoms with E-state index in [0.717, 1.165) is 31.6 Å². The zero-order valence-electron chi connectivity index (χ0n) is 19.5. The van der Waals surface area contributed by atoms with E-state index in [-0.39, 0.29) is 22.6 Å². The second-order valence-electron chi connectivity index (χ2n) is 8.97. The smallest absolute Gasteiger partial charge is 0.363 e. The van der Waals surface area contributed by atoms with E-state index in [9.17, 15) is 22.4 Å². The number of nitrogens with zero attached hydrogens (tertiary/aromatic N) is 4. The molecule has 34 heavy (non-hydrogen) atoms. The number of nitrogens with one attached hydrogen (secondary N) is 1. The molecule has 0 aliphatic carbocycles. The van der Waals surface area contributed by atoms with Gasteiger partial charge in [0.1, 0.15) is 23.0 Å². The highest BCUT2D eigenvalue weighted by Gasteiger charge is 2.35. The maximum atomic E-state index is 14.7. The van der Waals surface area contributed by atoms with E-state index in [4.69, 9.17) is 0 Å². The van der Waals surface area contributed by atoms with E-state index in [2.05, 4.69) is 27.2 Å². The van der Waals surface area contributed by atoms with Gasteiger partial charge in [0, 0.05) is 24.2 Å². The van der Waals surface area contributed by atoms with E-state index < -0.39 is 23.6 Å². The average molecular weight is 478 g/mol. The Morgan fingerprint density at radius 2 is 1.82 bits per heavy atom. The molecule has 0 bridgehead atoms. The van der Waals surface area contributed by atoms with Crippen LogP contribution in [0.5, 0.6) is 0 Å². The second kappa shape index (κ2) is 8.98. The molecular formula is C24H27F4N5O. The van der Waals surface area contributed by atoms with Crippen LogP contribution < -0.4 is 10.9 Å². The van der Waals surface area contributed by atoms with Gasteiger partial charge in [-0.2, -0.15) is 13.2 Å². The molecule has 0 amide bonds. The summed E-state index contributed by atoms with van der Waals surface area (Å²) in [7, 11) is 3.78. The molecule has 1 aromatic carbocycles. The lowest BCUT2D eigenvalue weighted by Gasteiger charge is -2.30. The zero-order valence-corrected chi connectivity index (χ0v) is 19.5. The number of rotatable bonds is 4. The number of aryl methyl sites for hydroxylation is 1. The van der Waals surface area contributed by atoms with Crippen molar-refractivity contribution in [3.05, 3.63) is 63.1 Å².